The predicted octanol–water partition coefficient (Wildman–Crippen LogP) is 1.57. The zero-order chi connectivity index (χ0) is 15.7. The second kappa shape index (κ2) is 6.49. The minimum atomic E-state index is -0.0880. The van der Waals surface area contributed by atoms with Crippen LogP contribution in [0.2, 0.25) is 0 Å². The number of piperazine rings is 1. The van der Waals surface area contributed by atoms with Crippen molar-refractivity contribution in [3.05, 3.63) is 16.6 Å². The minimum Gasteiger partial charge on any atom is -0.340 e. The number of thiazole rings is 1. The van der Waals surface area contributed by atoms with Gasteiger partial charge < -0.3 is 10.2 Å². The Kier molecular flexibility index (Phi) is 4.39. The third kappa shape index (κ3) is 2.92. The summed E-state index contributed by atoms with van der Waals surface area (Å²) in [6.07, 6.45) is 4.82. The van der Waals surface area contributed by atoms with E-state index in [0.29, 0.717) is 11.8 Å². The van der Waals surface area contributed by atoms with Gasteiger partial charge in [0.15, 0.2) is 0 Å². The van der Waals surface area contributed by atoms with Crippen LogP contribution in [0.5, 0.6) is 0 Å². The lowest BCUT2D eigenvalue weighted by atomic mass is 9.67. The summed E-state index contributed by atoms with van der Waals surface area (Å²) < 4.78 is 0. The first-order valence-corrected chi connectivity index (χ1v) is 9.82. The Labute approximate surface area is 142 Å². The van der Waals surface area contributed by atoms with Gasteiger partial charge in [0.25, 0.3) is 0 Å². The summed E-state index contributed by atoms with van der Waals surface area (Å²) in [7, 11) is 0. The number of nitrogens with zero attached hydrogens (tertiary/aromatic N) is 3. The van der Waals surface area contributed by atoms with Crippen LogP contribution < -0.4 is 5.32 Å². The average Bonchev–Trinajstić information content (AvgIpc) is 3.24. The predicted molar refractivity (Wildman–Crippen MR) is 91.2 cm³/mol. The Balaban J connectivity index is 1.37. The number of nitrogens with one attached hydrogen (secondary N) is 1. The number of rotatable bonds is 3. The molecule has 1 amide bonds. The highest BCUT2D eigenvalue weighted by Crippen LogP contribution is 2.45. The first-order valence-electron chi connectivity index (χ1n) is 8.87. The van der Waals surface area contributed by atoms with Crippen molar-refractivity contribution in [2.75, 3.05) is 39.3 Å². The molecule has 3 fully saturated rings. The maximum atomic E-state index is 13.2. The van der Waals surface area contributed by atoms with Gasteiger partial charge in [-0.25, -0.2) is 4.98 Å². The van der Waals surface area contributed by atoms with E-state index in [1.807, 2.05) is 5.51 Å². The number of hydrogen-bond donors (Lipinski definition) is 1. The molecule has 0 unspecified atom stereocenters. The maximum Gasteiger partial charge on any atom is 0.230 e. The molecule has 4 rings (SSSR count). The second-order valence-corrected chi connectivity index (χ2v) is 8.00. The van der Waals surface area contributed by atoms with Gasteiger partial charge in [-0.05, 0) is 25.3 Å². The summed E-state index contributed by atoms with van der Waals surface area (Å²) in [6, 6.07) is 0. The molecule has 0 bridgehead atoms. The minimum absolute atomic E-state index is 0.0880. The van der Waals surface area contributed by atoms with Gasteiger partial charge in [-0.1, -0.05) is 12.8 Å². The fourth-order valence-corrected chi connectivity index (χ4v) is 5.19. The van der Waals surface area contributed by atoms with E-state index in [4.69, 9.17) is 0 Å². The molecule has 2 saturated heterocycles. The van der Waals surface area contributed by atoms with Crippen molar-refractivity contribution < 1.29 is 4.79 Å². The number of fused-ring (bicyclic) bond motifs is 1. The largest absolute Gasteiger partial charge is 0.340 e. The molecule has 3 heterocycles. The fourth-order valence-electron chi connectivity index (χ4n) is 4.64. The highest BCUT2D eigenvalue weighted by Gasteiger charge is 2.51. The maximum absolute atomic E-state index is 13.2. The van der Waals surface area contributed by atoms with Crippen LogP contribution in [0.3, 0.4) is 0 Å². The number of carbonyl (C=O) groups is 1. The third-order valence-electron chi connectivity index (χ3n) is 5.99. The summed E-state index contributed by atoms with van der Waals surface area (Å²) in [5.41, 5.74) is 2.96. The van der Waals surface area contributed by atoms with Crippen LogP contribution in [0.15, 0.2) is 10.9 Å². The van der Waals surface area contributed by atoms with Crippen molar-refractivity contribution in [1.29, 1.82) is 0 Å². The molecule has 23 heavy (non-hydrogen) atoms. The van der Waals surface area contributed by atoms with Crippen LogP contribution in [0.1, 0.15) is 31.4 Å². The number of carbonyl (C=O) groups excluding carboxylic acids is 1. The molecule has 1 aromatic heterocycles. The van der Waals surface area contributed by atoms with E-state index in [0.717, 1.165) is 57.9 Å². The van der Waals surface area contributed by atoms with Crippen molar-refractivity contribution in [3.63, 3.8) is 0 Å². The summed E-state index contributed by atoms with van der Waals surface area (Å²) in [5, 5.41) is 5.62. The molecular formula is C17H26N4OS. The lowest BCUT2D eigenvalue weighted by molar-refractivity contribution is -0.147. The first kappa shape index (κ1) is 15.5. The van der Waals surface area contributed by atoms with Crippen LogP contribution in [-0.4, -0.2) is 60.0 Å². The second-order valence-electron chi connectivity index (χ2n) is 7.28. The van der Waals surface area contributed by atoms with Gasteiger partial charge >= 0.3 is 0 Å². The van der Waals surface area contributed by atoms with Crippen LogP contribution in [0.25, 0.3) is 0 Å². The molecule has 1 N–H and O–H groups in total. The molecule has 3 aliphatic rings. The van der Waals surface area contributed by atoms with Gasteiger partial charge in [-0.3, -0.25) is 9.69 Å². The summed E-state index contributed by atoms with van der Waals surface area (Å²) >= 11 is 1.65. The van der Waals surface area contributed by atoms with Gasteiger partial charge in [0.05, 0.1) is 16.6 Å². The standard InChI is InChI=1S/C17H26N4OS/c22-16(17-4-2-1-3-14(17)9-18-12-17)21-7-5-20(6-8-21)10-15-11-23-13-19-15/h11,13-14,18H,1-10,12H2/t14-,17+/m0/s1. The molecule has 0 aromatic carbocycles. The molecule has 0 radical (unpaired) electrons. The quantitative estimate of drug-likeness (QED) is 0.911. The Morgan fingerprint density at radius 2 is 2.22 bits per heavy atom. The fraction of sp³-hybridized carbons (Fsp3) is 0.765. The normalized spacial score (nSPS) is 32.0. The molecule has 2 atom stereocenters. The molecule has 2 aliphatic heterocycles. The number of amides is 1. The lowest BCUT2D eigenvalue weighted by Crippen LogP contribution is -2.55. The van der Waals surface area contributed by atoms with Crippen LogP contribution in [0, 0.1) is 11.3 Å². The Hall–Kier alpha value is -0.980. The zero-order valence-electron chi connectivity index (χ0n) is 13.7. The van der Waals surface area contributed by atoms with E-state index in [1.54, 1.807) is 11.3 Å². The van der Waals surface area contributed by atoms with E-state index >= 15 is 0 Å². The molecule has 1 aliphatic carbocycles. The van der Waals surface area contributed by atoms with Gasteiger partial charge in [0.2, 0.25) is 5.91 Å². The summed E-state index contributed by atoms with van der Waals surface area (Å²) in [5.74, 6) is 0.997. The van der Waals surface area contributed by atoms with Crippen molar-refractivity contribution >= 4 is 17.2 Å². The van der Waals surface area contributed by atoms with E-state index < -0.39 is 0 Å². The lowest BCUT2D eigenvalue weighted by Gasteiger charge is -2.43. The molecule has 0 spiro atoms. The van der Waals surface area contributed by atoms with Crippen LogP contribution in [0.4, 0.5) is 0 Å². The SMILES string of the molecule is O=C(N1CCN(Cc2cscn2)CC1)[C@@]12CCCC[C@H]1CNC2. The molecule has 126 valence electrons. The number of aromatic nitrogens is 1. The Morgan fingerprint density at radius 1 is 1.35 bits per heavy atom. The smallest absolute Gasteiger partial charge is 0.230 e. The van der Waals surface area contributed by atoms with Crippen molar-refractivity contribution in [1.82, 2.24) is 20.1 Å². The van der Waals surface area contributed by atoms with Crippen molar-refractivity contribution in [2.24, 2.45) is 11.3 Å². The molecule has 1 saturated carbocycles. The van der Waals surface area contributed by atoms with Crippen molar-refractivity contribution in [2.45, 2.75) is 32.2 Å². The highest BCUT2D eigenvalue weighted by molar-refractivity contribution is 7.07. The molecular weight excluding hydrogens is 308 g/mol. The van der Waals surface area contributed by atoms with Gasteiger partial charge in [0.1, 0.15) is 0 Å². The van der Waals surface area contributed by atoms with E-state index in [2.05, 4.69) is 25.5 Å². The van der Waals surface area contributed by atoms with Gasteiger partial charge in [0, 0.05) is 44.6 Å². The average molecular weight is 334 g/mol. The zero-order valence-corrected chi connectivity index (χ0v) is 14.5. The summed E-state index contributed by atoms with van der Waals surface area (Å²) in [6.45, 7) is 6.54. The number of hydrogen-bond acceptors (Lipinski definition) is 5. The topological polar surface area (TPSA) is 48.5 Å². The monoisotopic (exact) mass is 334 g/mol. The van der Waals surface area contributed by atoms with Crippen LogP contribution in [-0.2, 0) is 11.3 Å². The van der Waals surface area contributed by atoms with E-state index in [-0.39, 0.29) is 5.41 Å². The Bertz CT molecular complexity index is 541. The van der Waals surface area contributed by atoms with Gasteiger partial charge in [-0.15, -0.1) is 11.3 Å². The Morgan fingerprint density at radius 3 is 3.00 bits per heavy atom. The van der Waals surface area contributed by atoms with E-state index in [9.17, 15) is 4.79 Å². The van der Waals surface area contributed by atoms with E-state index in [1.165, 1.54) is 19.3 Å². The van der Waals surface area contributed by atoms with Crippen molar-refractivity contribution in [3.8, 4) is 0 Å². The third-order valence-corrected chi connectivity index (χ3v) is 6.63. The van der Waals surface area contributed by atoms with Crippen LogP contribution >= 0.6 is 11.3 Å². The van der Waals surface area contributed by atoms with Gasteiger partial charge in [-0.2, -0.15) is 0 Å². The highest BCUT2D eigenvalue weighted by atomic mass is 32.1. The molecule has 6 heteroatoms. The molecule has 5 nitrogen and oxygen atoms in total. The first-order chi connectivity index (χ1) is 11.3. The summed E-state index contributed by atoms with van der Waals surface area (Å²) in [4.78, 5) is 22.2. The molecule has 1 aromatic rings.